The lowest BCUT2D eigenvalue weighted by Gasteiger charge is -2.55. The van der Waals surface area contributed by atoms with Crippen molar-refractivity contribution in [1.29, 1.82) is 0 Å². The number of likely N-dealkylation sites (tertiary alicyclic amines) is 1. The van der Waals surface area contributed by atoms with Gasteiger partial charge in [-0.25, -0.2) is 19.3 Å². The summed E-state index contributed by atoms with van der Waals surface area (Å²) in [5, 5.41) is 13.8. The molecule has 1 saturated carbocycles. The van der Waals surface area contributed by atoms with Crippen LogP contribution in [0.3, 0.4) is 0 Å². The van der Waals surface area contributed by atoms with Gasteiger partial charge < -0.3 is 19.9 Å². The van der Waals surface area contributed by atoms with E-state index in [4.69, 9.17) is 19.4 Å². The maximum Gasteiger partial charge on any atom is 0.224 e. The van der Waals surface area contributed by atoms with Gasteiger partial charge in [-0.1, -0.05) is 0 Å². The molecule has 0 unspecified atom stereocenters. The summed E-state index contributed by atoms with van der Waals surface area (Å²) in [6, 6.07) is -0.379. The minimum absolute atomic E-state index is 0.0143. The smallest absolute Gasteiger partial charge is 0.224 e. The number of piperidine rings is 1. The van der Waals surface area contributed by atoms with Crippen molar-refractivity contribution in [2.75, 3.05) is 32.3 Å². The Labute approximate surface area is 220 Å². The monoisotopic (exact) mass is 517 g/mol. The fourth-order valence-corrected chi connectivity index (χ4v) is 6.38. The summed E-state index contributed by atoms with van der Waals surface area (Å²) in [5.74, 6) is 1.21. The summed E-state index contributed by atoms with van der Waals surface area (Å²) in [6.45, 7) is 11.9. The molecule has 4 rings (SSSR count). The lowest BCUT2D eigenvalue weighted by atomic mass is 9.78. The Hall–Kier alpha value is -2.10. The molecule has 0 radical (unpaired) electrons. The molecular weight excluding hydrogens is 473 g/mol. The zero-order valence-corrected chi connectivity index (χ0v) is 23.3. The zero-order valence-electron chi connectivity index (χ0n) is 23.3. The molecular formula is C28H44FN5O3. The fraction of sp³-hybridized carbons (Fsp3) is 0.750. The van der Waals surface area contributed by atoms with Crippen LogP contribution in [0.1, 0.15) is 84.6 Å². The Morgan fingerprint density at radius 1 is 1.11 bits per heavy atom. The number of nitrogens with one attached hydrogen (secondary N) is 1. The largest absolute Gasteiger partial charge is 0.474 e. The number of hydrogen-bond donors (Lipinski definition) is 2. The van der Waals surface area contributed by atoms with Gasteiger partial charge in [0.2, 0.25) is 11.8 Å². The van der Waals surface area contributed by atoms with Gasteiger partial charge in [-0.2, -0.15) is 0 Å². The van der Waals surface area contributed by atoms with Crippen molar-refractivity contribution < 1.29 is 19.0 Å². The van der Waals surface area contributed by atoms with Gasteiger partial charge in [-0.15, -0.1) is 0 Å². The van der Waals surface area contributed by atoms with E-state index < -0.39 is 6.67 Å². The van der Waals surface area contributed by atoms with Crippen molar-refractivity contribution in [3.8, 4) is 5.88 Å². The second-order valence-corrected chi connectivity index (χ2v) is 12.1. The van der Waals surface area contributed by atoms with Crippen molar-refractivity contribution in [2.45, 2.75) is 108 Å². The summed E-state index contributed by atoms with van der Waals surface area (Å²) < 4.78 is 25.2. The van der Waals surface area contributed by atoms with Crippen molar-refractivity contribution in [3.05, 3.63) is 18.0 Å². The van der Waals surface area contributed by atoms with Crippen molar-refractivity contribution in [1.82, 2.24) is 19.9 Å². The number of methoxy groups -OCH3 is 1. The molecule has 1 aliphatic heterocycles. The predicted octanol–water partition coefficient (Wildman–Crippen LogP) is 4.86. The average molecular weight is 518 g/mol. The number of nitrogens with zero attached hydrogens (tertiary/aromatic N) is 4. The molecule has 9 heteroatoms. The van der Waals surface area contributed by atoms with Crippen LogP contribution in [-0.4, -0.2) is 81.2 Å². The number of aliphatic hydroxyl groups excluding tert-OH is 1. The summed E-state index contributed by atoms with van der Waals surface area (Å²) in [6.07, 6.45) is 8.41. The minimum atomic E-state index is -0.506. The van der Waals surface area contributed by atoms with Gasteiger partial charge in [0.05, 0.1) is 29.7 Å². The number of halogens is 1. The highest BCUT2D eigenvalue weighted by molar-refractivity contribution is 5.86. The lowest BCUT2D eigenvalue weighted by Crippen LogP contribution is -2.63. The third-order valence-corrected chi connectivity index (χ3v) is 8.07. The topological polar surface area (TPSA) is 92.6 Å². The third kappa shape index (κ3) is 6.32. The van der Waals surface area contributed by atoms with Gasteiger partial charge in [0.15, 0.2) is 0 Å². The summed E-state index contributed by atoms with van der Waals surface area (Å²) in [4.78, 5) is 16.6. The molecule has 1 aliphatic carbocycles. The molecule has 0 spiro atoms. The van der Waals surface area contributed by atoms with Gasteiger partial charge in [0, 0.05) is 55.5 Å². The number of aromatic nitrogens is 3. The first-order valence-electron chi connectivity index (χ1n) is 13.6. The maximum atomic E-state index is 13.2. The Kier molecular flexibility index (Phi) is 8.55. The minimum Gasteiger partial charge on any atom is -0.474 e. The average Bonchev–Trinajstić information content (AvgIpc) is 2.83. The predicted molar refractivity (Wildman–Crippen MR) is 144 cm³/mol. The molecule has 1 atom stereocenters. The number of ether oxygens (including phenoxy) is 2. The van der Waals surface area contributed by atoms with Crippen molar-refractivity contribution >= 4 is 16.9 Å². The van der Waals surface area contributed by atoms with Crippen LogP contribution in [0.15, 0.2) is 12.4 Å². The normalized spacial score (nSPS) is 25.2. The van der Waals surface area contributed by atoms with Gasteiger partial charge in [-0.3, -0.25) is 4.90 Å². The molecule has 2 aliphatic rings. The zero-order chi connectivity index (χ0) is 26.8. The van der Waals surface area contributed by atoms with Crippen molar-refractivity contribution in [2.24, 2.45) is 0 Å². The van der Waals surface area contributed by atoms with Gasteiger partial charge in [-0.05, 0) is 66.2 Å². The standard InChI is InChI=1S/C28H44FN5O3/c1-18(15-29)32-26-31-17-23-24(33-26)22(19-7-9-20(35)10-8-19)16-30-25(23)37-21-13-27(2,3)34(11-12-36-6)28(4,5)14-21/h16-21,35H,7-15H2,1-6H3,(H,31,32,33)/t18-,19-,20-/m0/s1. The highest BCUT2D eigenvalue weighted by Crippen LogP contribution is 2.42. The number of rotatable bonds is 9. The quantitative estimate of drug-likeness (QED) is 0.487. The van der Waals surface area contributed by atoms with Crippen LogP contribution in [0, 0.1) is 0 Å². The van der Waals surface area contributed by atoms with Gasteiger partial charge >= 0.3 is 0 Å². The van der Waals surface area contributed by atoms with Crippen LogP contribution in [0.25, 0.3) is 10.9 Å². The SMILES string of the molecule is COCCN1C(C)(C)CC(Oc2ncc([C@H]3CC[C@H](O)CC3)c3nc(N[C@@H](C)CF)ncc23)CC1(C)C. The summed E-state index contributed by atoms with van der Waals surface area (Å²) in [5.41, 5.74) is 1.70. The van der Waals surface area contributed by atoms with E-state index in [-0.39, 0.29) is 35.2 Å². The van der Waals surface area contributed by atoms with E-state index in [0.29, 0.717) is 18.4 Å². The van der Waals surface area contributed by atoms with Crippen LogP contribution in [0.2, 0.25) is 0 Å². The second kappa shape index (κ2) is 11.3. The Balaban J connectivity index is 1.65. The number of hydrogen-bond acceptors (Lipinski definition) is 8. The Bertz CT molecular complexity index is 1040. The Morgan fingerprint density at radius 3 is 2.41 bits per heavy atom. The third-order valence-electron chi connectivity index (χ3n) is 8.07. The molecule has 3 heterocycles. The number of pyridine rings is 1. The first kappa shape index (κ1) is 27.9. The van der Waals surface area contributed by atoms with Gasteiger partial charge in [0.25, 0.3) is 0 Å². The first-order chi connectivity index (χ1) is 17.5. The number of fused-ring (bicyclic) bond motifs is 1. The molecule has 2 N–H and O–H groups in total. The molecule has 0 aromatic carbocycles. The summed E-state index contributed by atoms with van der Waals surface area (Å²) >= 11 is 0. The second-order valence-electron chi connectivity index (χ2n) is 12.1. The molecule has 206 valence electrons. The van der Waals surface area contributed by atoms with Crippen LogP contribution in [0.4, 0.5) is 10.3 Å². The lowest BCUT2D eigenvalue weighted by molar-refractivity contribution is -0.0815. The van der Waals surface area contributed by atoms with E-state index in [2.05, 4.69) is 42.9 Å². The molecule has 8 nitrogen and oxygen atoms in total. The van der Waals surface area contributed by atoms with E-state index in [1.54, 1.807) is 20.2 Å². The van der Waals surface area contributed by atoms with E-state index in [0.717, 1.165) is 61.5 Å². The highest BCUT2D eigenvalue weighted by atomic mass is 19.1. The first-order valence-corrected chi connectivity index (χ1v) is 13.6. The molecule has 1 saturated heterocycles. The maximum absolute atomic E-state index is 13.2. The molecule has 2 fully saturated rings. The van der Waals surface area contributed by atoms with Crippen molar-refractivity contribution in [3.63, 3.8) is 0 Å². The van der Waals surface area contributed by atoms with Crippen LogP contribution < -0.4 is 10.1 Å². The number of aliphatic hydroxyl groups is 1. The van der Waals surface area contributed by atoms with E-state index in [9.17, 15) is 9.50 Å². The molecule has 0 bridgehead atoms. The molecule has 2 aromatic heterocycles. The number of alkyl halides is 1. The molecule has 2 aromatic rings. The Morgan fingerprint density at radius 2 is 1.78 bits per heavy atom. The molecule has 0 amide bonds. The fourth-order valence-electron chi connectivity index (χ4n) is 6.38. The van der Waals surface area contributed by atoms with Crippen LogP contribution >= 0.6 is 0 Å². The van der Waals surface area contributed by atoms with Crippen LogP contribution in [0.5, 0.6) is 5.88 Å². The van der Waals surface area contributed by atoms with Crippen LogP contribution in [-0.2, 0) is 4.74 Å². The van der Waals surface area contributed by atoms with Gasteiger partial charge in [0.1, 0.15) is 12.8 Å². The number of anilines is 1. The summed E-state index contributed by atoms with van der Waals surface area (Å²) in [7, 11) is 1.74. The van der Waals surface area contributed by atoms with E-state index in [1.807, 2.05) is 6.20 Å². The highest BCUT2D eigenvalue weighted by Gasteiger charge is 2.46. The molecule has 37 heavy (non-hydrogen) atoms. The van der Waals surface area contributed by atoms with E-state index in [1.165, 1.54) is 0 Å². The van der Waals surface area contributed by atoms with E-state index >= 15 is 0 Å².